The number of likely N-dealkylation sites (N-methyl/N-ethyl adjacent to an activating group) is 1. The Bertz CT molecular complexity index is 546. The van der Waals surface area contributed by atoms with E-state index in [9.17, 15) is 4.79 Å². The standard InChI is InChI=1S/C18H30N4O2/c1-6-22(16-9-7-8-14(2)12-16)11-10-20-18(19-4)21-13-15(3)17(23)24-5/h7-9,12,15H,6,10-11,13H2,1-5H3,(H2,19,20,21). The molecule has 0 saturated heterocycles. The molecule has 1 aromatic rings. The van der Waals surface area contributed by atoms with Crippen LogP contribution < -0.4 is 15.5 Å². The molecule has 1 aromatic carbocycles. The first-order valence-corrected chi connectivity index (χ1v) is 8.35. The second-order valence-electron chi connectivity index (χ2n) is 5.72. The van der Waals surface area contributed by atoms with Gasteiger partial charge in [-0.1, -0.05) is 19.1 Å². The van der Waals surface area contributed by atoms with Crippen molar-refractivity contribution >= 4 is 17.6 Å². The molecule has 0 radical (unpaired) electrons. The van der Waals surface area contributed by atoms with Crippen molar-refractivity contribution in [1.29, 1.82) is 0 Å². The van der Waals surface area contributed by atoms with Crippen LogP contribution in [0.4, 0.5) is 5.69 Å². The van der Waals surface area contributed by atoms with Crippen LogP contribution in [0.25, 0.3) is 0 Å². The first-order valence-electron chi connectivity index (χ1n) is 8.35. The average Bonchev–Trinajstić information content (AvgIpc) is 2.60. The van der Waals surface area contributed by atoms with Gasteiger partial charge in [-0.25, -0.2) is 0 Å². The van der Waals surface area contributed by atoms with Gasteiger partial charge < -0.3 is 20.3 Å². The summed E-state index contributed by atoms with van der Waals surface area (Å²) in [6.45, 7) is 9.12. The molecule has 0 aromatic heterocycles. The van der Waals surface area contributed by atoms with E-state index >= 15 is 0 Å². The summed E-state index contributed by atoms with van der Waals surface area (Å²) in [5, 5.41) is 6.42. The lowest BCUT2D eigenvalue weighted by Crippen LogP contribution is -2.43. The number of aryl methyl sites for hydroxylation is 1. The van der Waals surface area contributed by atoms with Gasteiger partial charge in [-0.15, -0.1) is 0 Å². The van der Waals surface area contributed by atoms with E-state index in [0.717, 1.165) is 19.6 Å². The number of anilines is 1. The van der Waals surface area contributed by atoms with Crippen LogP contribution in [0.15, 0.2) is 29.3 Å². The minimum atomic E-state index is -0.227. The highest BCUT2D eigenvalue weighted by molar-refractivity contribution is 5.80. The number of nitrogens with one attached hydrogen (secondary N) is 2. The van der Waals surface area contributed by atoms with Crippen molar-refractivity contribution in [2.75, 3.05) is 45.2 Å². The quantitative estimate of drug-likeness (QED) is 0.431. The molecule has 1 atom stereocenters. The van der Waals surface area contributed by atoms with Crippen molar-refractivity contribution in [3.05, 3.63) is 29.8 Å². The zero-order valence-electron chi connectivity index (χ0n) is 15.4. The van der Waals surface area contributed by atoms with Crippen LogP contribution in [0.3, 0.4) is 0 Å². The fourth-order valence-corrected chi connectivity index (χ4v) is 2.36. The van der Waals surface area contributed by atoms with Gasteiger partial charge in [0.2, 0.25) is 0 Å². The van der Waals surface area contributed by atoms with Gasteiger partial charge in [0.15, 0.2) is 5.96 Å². The number of carbonyl (C=O) groups excluding carboxylic acids is 1. The number of nitrogens with zero attached hydrogens (tertiary/aromatic N) is 2. The Kier molecular flexibility index (Phi) is 8.68. The third-order valence-electron chi connectivity index (χ3n) is 3.83. The van der Waals surface area contributed by atoms with E-state index in [4.69, 9.17) is 4.74 Å². The smallest absolute Gasteiger partial charge is 0.310 e. The van der Waals surface area contributed by atoms with Crippen molar-refractivity contribution in [3.63, 3.8) is 0 Å². The molecule has 0 bridgehead atoms. The van der Waals surface area contributed by atoms with Gasteiger partial charge in [0.05, 0.1) is 13.0 Å². The van der Waals surface area contributed by atoms with Crippen LogP contribution in [-0.2, 0) is 9.53 Å². The maximum absolute atomic E-state index is 11.4. The molecule has 1 rings (SSSR count). The van der Waals surface area contributed by atoms with Crippen molar-refractivity contribution in [1.82, 2.24) is 10.6 Å². The van der Waals surface area contributed by atoms with Crippen molar-refractivity contribution in [2.24, 2.45) is 10.9 Å². The zero-order chi connectivity index (χ0) is 17.9. The van der Waals surface area contributed by atoms with Crippen LogP contribution in [0.2, 0.25) is 0 Å². The maximum Gasteiger partial charge on any atom is 0.310 e. The van der Waals surface area contributed by atoms with E-state index in [2.05, 4.69) is 58.6 Å². The largest absolute Gasteiger partial charge is 0.469 e. The lowest BCUT2D eigenvalue weighted by molar-refractivity contribution is -0.144. The summed E-state index contributed by atoms with van der Waals surface area (Å²) >= 11 is 0. The summed E-state index contributed by atoms with van der Waals surface area (Å²) in [7, 11) is 3.12. The van der Waals surface area contributed by atoms with Gasteiger partial charge in [-0.3, -0.25) is 9.79 Å². The molecule has 0 aliphatic carbocycles. The second kappa shape index (κ2) is 10.5. The average molecular weight is 334 g/mol. The number of ether oxygens (including phenoxy) is 1. The molecule has 0 fully saturated rings. The van der Waals surface area contributed by atoms with Crippen molar-refractivity contribution in [3.8, 4) is 0 Å². The SMILES string of the molecule is CCN(CCNC(=NC)NCC(C)C(=O)OC)c1cccc(C)c1. The molecule has 2 N–H and O–H groups in total. The van der Waals surface area contributed by atoms with E-state index in [-0.39, 0.29) is 11.9 Å². The summed E-state index contributed by atoms with van der Waals surface area (Å²) in [6, 6.07) is 8.50. The fraction of sp³-hybridized carbons (Fsp3) is 0.556. The summed E-state index contributed by atoms with van der Waals surface area (Å²) < 4.78 is 4.72. The molecule has 0 saturated carbocycles. The number of aliphatic imine (C=N–C) groups is 1. The molecule has 24 heavy (non-hydrogen) atoms. The number of rotatable bonds is 8. The Balaban J connectivity index is 2.44. The third-order valence-corrected chi connectivity index (χ3v) is 3.83. The van der Waals surface area contributed by atoms with Gasteiger partial charge in [-0.05, 0) is 31.5 Å². The normalized spacial score (nSPS) is 12.5. The topological polar surface area (TPSA) is 66.0 Å². The Morgan fingerprint density at radius 3 is 2.71 bits per heavy atom. The molecule has 0 amide bonds. The van der Waals surface area contributed by atoms with Crippen molar-refractivity contribution < 1.29 is 9.53 Å². The highest BCUT2D eigenvalue weighted by atomic mass is 16.5. The molecular formula is C18H30N4O2. The van der Waals surface area contributed by atoms with Crippen LogP contribution >= 0.6 is 0 Å². The number of hydrogen-bond donors (Lipinski definition) is 2. The van der Waals surface area contributed by atoms with Gasteiger partial charge >= 0.3 is 5.97 Å². The minimum Gasteiger partial charge on any atom is -0.469 e. The Morgan fingerprint density at radius 1 is 1.38 bits per heavy atom. The van der Waals surface area contributed by atoms with Crippen LogP contribution in [0.5, 0.6) is 0 Å². The van der Waals surface area contributed by atoms with E-state index in [0.29, 0.717) is 12.5 Å². The second-order valence-corrected chi connectivity index (χ2v) is 5.72. The molecule has 0 aliphatic rings. The zero-order valence-corrected chi connectivity index (χ0v) is 15.4. The third kappa shape index (κ3) is 6.48. The van der Waals surface area contributed by atoms with Gasteiger partial charge in [0, 0.05) is 38.9 Å². The molecule has 1 unspecified atom stereocenters. The monoisotopic (exact) mass is 334 g/mol. The number of guanidine groups is 1. The predicted molar refractivity (Wildman–Crippen MR) is 99.6 cm³/mol. The Morgan fingerprint density at radius 2 is 2.12 bits per heavy atom. The summed E-state index contributed by atoms with van der Waals surface area (Å²) in [5.74, 6) is 0.244. The molecule has 6 heteroatoms. The first kappa shape index (κ1) is 19.8. The predicted octanol–water partition coefficient (Wildman–Crippen LogP) is 1.80. The molecule has 0 heterocycles. The van der Waals surface area contributed by atoms with Crippen LogP contribution in [0, 0.1) is 12.8 Å². The molecule has 6 nitrogen and oxygen atoms in total. The minimum absolute atomic E-state index is 0.215. The highest BCUT2D eigenvalue weighted by Gasteiger charge is 2.13. The van der Waals surface area contributed by atoms with Crippen molar-refractivity contribution in [2.45, 2.75) is 20.8 Å². The number of methoxy groups -OCH3 is 1. The maximum atomic E-state index is 11.4. The summed E-state index contributed by atoms with van der Waals surface area (Å²) in [6.07, 6.45) is 0. The molecular weight excluding hydrogens is 304 g/mol. The summed E-state index contributed by atoms with van der Waals surface area (Å²) in [5.41, 5.74) is 2.48. The highest BCUT2D eigenvalue weighted by Crippen LogP contribution is 2.14. The Hall–Kier alpha value is -2.24. The number of carbonyl (C=O) groups is 1. The number of benzene rings is 1. The van der Waals surface area contributed by atoms with Gasteiger partial charge in [0.25, 0.3) is 0 Å². The molecule has 134 valence electrons. The lowest BCUT2D eigenvalue weighted by Gasteiger charge is -2.24. The molecule has 0 aliphatic heterocycles. The van der Waals surface area contributed by atoms with Crippen LogP contribution in [-0.4, -0.2) is 52.3 Å². The van der Waals surface area contributed by atoms with Gasteiger partial charge in [-0.2, -0.15) is 0 Å². The Labute approximate surface area is 145 Å². The first-order chi connectivity index (χ1) is 11.5. The number of hydrogen-bond acceptors (Lipinski definition) is 4. The van der Waals surface area contributed by atoms with Gasteiger partial charge in [0.1, 0.15) is 0 Å². The van der Waals surface area contributed by atoms with E-state index < -0.39 is 0 Å². The number of esters is 1. The van der Waals surface area contributed by atoms with E-state index in [1.54, 1.807) is 7.05 Å². The van der Waals surface area contributed by atoms with Crippen LogP contribution in [0.1, 0.15) is 19.4 Å². The fourth-order valence-electron chi connectivity index (χ4n) is 2.36. The lowest BCUT2D eigenvalue weighted by atomic mass is 10.2. The van der Waals surface area contributed by atoms with E-state index in [1.807, 2.05) is 6.92 Å². The summed E-state index contributed by atoms with van der Waals surface area (Å²) in [4.78, 5) is 17.9. The van der Waals surface area contributed by atoms with E-state index in [1.165, 1.54) is 18.4 Å². The molecule has 0 spiro atoms.